The van der Waals surface area contributed by atoms with Crippen LogP contribution in [0.25, 0.3) is 43.5 Å². The van der Waals surface area contributed by atoms with Crippen molar-refractivity contribution in [1.29, 1.82) is 0 Å². The van der Waals surface area contributed by atoms with Gasteiger partial charge in [-0.1, -0.05) is 0 Å². The van der Waals surface area contributed by atoms with Crippen molar-refractivity contribution >= 4 is 43.5 Å². The van der Waals surface area contributed by atoms with E-state index in [1.807, 2.05) is 0 Å². The monoisotopic (exact) mass is 336 g/mol. The van der Waals surface area contributed by atoms with Crippen LogP contribution in [0, 0.1) is 0 Å². The van der Waals surface area contributed by atoms with Gasteiger partial charge in [0.15, 0.2) is 0 Å². The standard InChI is InChI=1S/C16H8N4O5/c21-4-20-15(24)8-6-5-2-1-3-17-12(5)18-11(6)10-7(9(8)16(20)25)13(22)19-14(10)23/h1-3,21H,4H2,(H,17,18)(H,19,22,23). The van der Waals surface area contributed by atoms with Crippen LogP contribution in [0.3, 0.4) is 0 Å². The van der Waals surface area contributed by atoms with Crippen LogP contribution in [0.2, 0.25) is 0 Å². The molecule has 0 saturated carbocycles. The second-order valence-corrected chi connectivity index (χ2v) is 5.74. The Bertz CT molecular complexity index is 1560. The molecule has 3 N–H and O–H groups in total. The largest absolute Gasteiger partial charge is 0.376 e. The number of hydrogen-bond acceptors (Lipinski definition) is 6. The predicted octanol–water partition coefficient (Wildman–Crippen LogP) is -0.582. The highest BCUT2D eigenvalue weighted by Gasteiger charge is 2.26. The third kappa shape index (κ3) is 1.44. The van der Waals surface area contributed by atoms with Crippen LogP contribution in [-0.4, -0.2) is 24.6 Å². The Morgan fingerprint density at radius 3 is 2.32 bits per heavy atom. The summed E-state index contributed by atoms with van der Waals surface area (Å²) in [6.07, 6.45) is 1.54. The van der Waals surface area contributed by atoms with Gasteiger partial charge in [0.05, 0.1) is 27.1 Å². The Kier molecular flexibility index (Phi) is 2.36. The second-order valence-electron chi connectivity index (χ2n) is 5.74. The van der Waals surface area contributed by atoms with Crippen molar-refractivity contribution < 1.29 is 5.11 Å². The van der Waals surface area contributed by atoms with Gasteiger partial charge in [-0.3, -0.25) is 28.7 Å². The van der Waals surface area contributed by atoms with Crippen molar-refractivity contribution in [3.05, 3.63) is 59.7 Å². The zero-order valence-corrected chi connectivity index (χ0v) is 12.4. The fourth-order valence-electron chi connectivity index (χ4n) is 3.57. The molecule has 0 aliphatic carbocycles. The molecule has 4 aromatic heterocycles. The lowest BCUT2D eigenvalue weighted by atomic mass is 10.0. The number of H-pyrrole nitrogens is 2. The summed E-state index contributed by atoms with van der Waals surface area (Å²) in [6, 6.07) is 3.35. The Labute approximate surface area is 135 Å². The van der Waals surface area contributed by atoms with Crippen LogP contribution in [0.1, 0.15) is 0 Å². The van der Waals surface area contributed by atoms with Gasteiger partial charge in [0, 0.05) is 17.0 Å². The number of benzene rings is 1. The van der Waals surface area contributed by atoms with E-state index in [0.717, 1.165) is 0 Å². The SMILES string of the molecule is O=c1[nH]c(=O)c2c1c1[nH]c3ncccc3c1c1c(=O)n(CO)c(=O)c21. The highest BCUT2D eigenvalue weighted by Crippen LogP contribution is 2.33. The molecule has 122 valence electrons. The number of fused-ring (bicyclic) bond motifs is 8. The summed E-state index contributed by atoms with van der Waals surface area (Å²) in [6.45, 7) is -0.821. The molecule has 9 heteroatoms. The van der Waals surface area contributed by atoms with Crippen molar-refractivity contribution in [2.45, 2.75) is 6.73 Å². The molecular weight excluding hydrogens is 328 g/mol. The predicted molar refractivity (Wildman–Crippen MR) is 90.6 cm³/mol. The smallest absolute Gasteiger partial charge is 0.264 e. The average Bonchev–Trinajstić information content (AvgIpc) is 3.18. The summed E-state index contributed by atoms with van der Waals surface area (Å²) < 4.78 is 0.635. The minimum absolute atomic E-state index is 0.00287. The molecule has 25 heavy (non-hydrogen) atoms. The van der Waals surface area contributed by atoms with Crippen LogP contribution in [0.5, 0.6) is 0 Å². The average molecular weight is 336 g/mol. The molecule has 0 bridgehead atoms. The number of nitrogens with one attached hydrogen (secondary N) is 2. The summed E-state index contributed by atoms with van der Waals surface area (Å²) >= 11 is 0. The molecule has 4 heterocycles. The van der Waals surface area contributed by atoms with E-state index >= 15 is 0 Å². The Morgan fingerprint density at radius 1 is 0.920 bits per heavy atom. The Morgan fingerprint density at radius 2 is 1.60 bits per heavy atom. The van der Waals surface area contributed by atoms with Crippen LogP contribution < -0.4 is 22.2 Å². The molecule has 0 saturated heterocycles. The van der Waals surface area contributed by atoms with E-state index in [0.29, 0.717) is 21.0 Å². The number of nitrogens with zero attached hydrogens (tertiary/aromatic N) is 2. The number of pyridine rings is 1. The van der Waals surface area contributed by atoms with Gasteiger partial charge in [0.1, 0.15) is 12.4 Å². The number of aromatic amines is 2. The van der Waals surface area contributed by atoms with Crippen molar-refractivity contribution in [2.75, 3.05) is 0 Å². The van der Waals surface area contributed by atoms with Crippen molar-refractivity contribution in [1.82, 2.24) is 19.5 Å². The minimum atomic E-state index is -0.821. The number of aliphatic hydroxyl groups excluding tert-OH is 1. The number of rotatable bonds is 1. The summed E-state index contributed by atoms with van der Waals surface area (Å²) in [7, 11) is 0. The molecule has 9 nitrogen and oxygen atoms in total. The molecule has 0 spiro atoms. The van der Waals surface area contributed by atoms with Gasteiger partial charge >= 0.3 is 0 Å². The van der Waals surface area contributed by atoms with Gasteiger partial charge in [0.2, 0.25) is 0 Å². The van der Waals surface area contributed by atoms with Gasteiger partial charge < -0.3 is 10.1 Å². The van der Waals surface area contributed by atoms with Crippen molar-refractivity contribution in [3.8, 4) is 0 Å². The lowest BCUT2D eigenvalue weighted by molar-refractivity contribution is 0.204. The first kappa shape index (κ1) is 13.8. The van der Waals surface area contributed by atoms with E-state index in [4.69, 9.17) is 0 Å². The van der Waals surface area contributed by atoms with Crippen LogP contribution >= 0.6 is 0 Å². The molecule has 5 aromatic rings. The number of aromatic nitrogens is 4. The molecule has 1 aromatic carbocycles. The van der Waals surface area contributed by atoms with Crippen molar-refractivity contribution in [3.63, 3.8) is 0 Å². The van der Waals surface area contributed by atoms with Crippen LogP contribution in [0.15, 0.2) is 37.5 Å². The summed E-state index contributed by atoms with van der Waals surface area (Å²) in [5.74, 6) is 0. The van der Waals surface area contributed by atoms with E-state index in [2.05, 4.69) is 15.0 Å². The number of hydrogen-bond donors (Lipinski definition) is 3. The zero-order chi connectivity index (χ0) is 17.5. The molecule has 0 amide bonds. The van der Waals surface area contributed by atoms with Gasteiger partial charge in [0.25, 0.3) is 22.2 Å². The van der Waals surface area contributed by atoms with Gasteiger partial charge in [-0.25, -0.2) is 4.98 Å². The lowest BCUT2D eigenvalue weighted by Crippen LogP contribution is -2.25. The quantitative estimate of drug-likeness (QED) is 0.374. The molecule has 0 aliphatic rings. The molecule has 0 aliphatic heterocycles. The maximum Gasteiger partial charge on any atom is 0.264 e. The van der Waals surface area contributed by atoms with Crippen LogP contribution in [0.4, 0.5) is 0 Å². The van der Waals surface area contributed by atoms with Gasteiger partial charge in [-0.05, 0) is 12.1 Å². The Hall–Kier alpha value is -3.59. The first-order chi connectivity index (χ1) is 12.0. The maximum atomic E-state index is 12.7. The molecule has 0 unspecified atom stereocenters. The van der Waals surface area contributed by atoms with Crippen LogP contribution in [-0.2, 0) is 6.73 Å². The number of aliphatic hydroxyl groups is 1. The normalized spacial score (nSPS) is 12.2. The fraction of sp³-hybridized carbons (Fsp3) is 0.0625. The molecule has 0 radical (unpaired) electrons. The summed E-state index contributed by atoms with van der Waals surface area (Å²) in [4.78, 5) is 59.0. The fourth-order valence-corrected chi connectivity index (χ4v) is 3.57. The van der Waals surface area contributed by atoms with Gasteiger partial charge in [-0.15, -0.1) is 0 Å². The molecular formula is C16H8N4O5. The van der Waals surface area contributed by atoms with E-state index < -0.39 is 29.0 Å². The third-order valence-electron chi connectivity index (χ3n) is 4.56. The lowest BCUT2D eigenvalue weighted by Gasteiger charge is -1.95. The van der Waals surface area contributed by atoms with E-state index in [1.54, 1.807) is 12.1 Å². The summed E-state index contributed by atoms with van der Waals surface area (Å²) in [5, 5.41) is 9.97. The minimum Gasteiger partial charge on any atom is -0.376 e. The Balaban J connectivity index is 2.37. The topological polar surface area (TPSA) is 138 Å². The molecule has 0 fully saturated rings. The van der Waals surface area contributed by atoms with E-state index in [1.165, 1.54) is 6.20 Å². The van der Waals surface area contributed by atoms with Gasteiger partial charge in [-0.2, -0.15) is 0 Å². The second kappa shape index (κ2) is 4.28. The van der Waals surface area contributed by atoms with Crippen molar-refractivity contribution in [2.24, 2.45) is 0 Å². The van der Waals surface area contributed by atoms with E-state index in [9.17, 15) is 24.3 Å². The summed E-state index contributed by atoms with van der Waals surface area (Å²) in [5.41, 5.74) is -2.22. The highest BCUT2D eigenvalue weighted by atomic mass is 16.3. The van der Waals surface area contributed by atoms with E-state index in [-0.39, 0.29) is 27.1 Å². The maximum absolute atomic E-state index is 12.7. The first-order valence-corrected chi connectivity index (χ1v) is 7.33. The molecule has 0 atom stereocenters. The highest BCUT2D eigenvalue weighted by molar-refractivity contribution is 6.30. The first-order valence-electron chi connectivity index (χ1n) is 7.33. The molecule has 5 rings (SSSR count). The zero-order valence-electron chi connectivity index (χ0n) is 12.4. The third-order valence-corrected chi connectivity index (χ3v) is 4.56.